The second-order valence-electron chi connectivity index (χ2n) is 7.85. The zero-order chi connectivity index (χ0) is 20.2. The Hall–Kier alpha value is -2.95. The van der Waals surface area contributed by atoms with Crippen molar-refractivity contribution in [1.29, 1.82) is 0 Å². The molecule has 0 amide bonds. The minimum absolute atomic E-state index is 0.0789. The number of morpholine rings is 1. The maximum absolute atomic E-state index is 5.63. The van der Waals surface area contributed by atoms with Crippen LogP contribution >= 0.6 is 0 Å². The smallest absolute Gasteiger partial charge is 0.133 e. The van der Waals surface area contributed by atoms with E-state index in [9.17, 15) is 0 Å². The van der Waals surface area contributed by atoms with Crippen LogP contribution in [0.3, 0.4) is 0 Å². The number of rotatable bonds is 5. The van der Waals surface area contributed by atoms with Gasteiger partial charge in [-0.25, -0.2) is 4.99 Å². The van der Waals surface area contributed by atoms with Gasteiger partial charge in [0, 0.05) is 25.2 Å². The van der Waals surface area contributed by atoms with Crippen LogP contribution in [0, 0.1) is 0 Å². The predicted octanol–water partition coefficient (Wildman–Crippen LogP) is 4.35. The predicted molar refractivity (Wildman–Crippen MR) is 120 cm³/mol. The summed E-state index contributed by atoms with van der Waals surface area (Å²) in [6, 6.07) is 32.3. The van der Waals surface area contributed by atoms with Gasteiger partial charge in [0.15, 0.2) is 0 Å². The molecule has 2 atom stereocenters. The van der Waals surface area contributed by atoms with Gasteiger partial charge in [0.05, 0.1) is 19.3 Å². The highest BCUT2D eigenvalue weighted by Crippen LogP contribution is 2.37. The zero-order valence-corrected chi connectivity index (χ0v) is 17.1. The van der Waals surface area contributed by atoms with Gasteiger partial charge < -0.3 is 9.64 Å². The van der Waals surface area contributed by atoms with Gasteiger partial charge in [0.1, 0.15) is 12.0 Å². The number of hydrogen-bond acceptors (Lipinski definition) is 4. The lowest BCUT2D eigenvalue weighted by molar-refractivity contribution is 0.00624. The molecule has 152 valence electrons. The van der Waals surface area contributed by atoms with E-state index in [1.807, 2.05) is 0 Å². The molecule has 3 aromatic carbocycles. The molecule has 5 rings (SSSR count). The number of nitrogens with zero attached hydrogens (tertiary/aromatic N) is 3. The highest BCUT2D eigenvalue weighted by Gasteiger charge is 2.41. The standard InChI is InChI=1S/C26H27N3O/c1-4-10-21(11-5-1)20-29-24(22-12-6-2-7-13-22)26(28-16-18-30-19-17-28)27-25(29)23-14-8-3-9-15-23/h1-15,24,26H,16-20H2. The normalized spacial score (nSPS) is 22.1. The van der Waals surface area contributed by atoms with Gasteiger partial charge in [-0.1, -0.05) is 91.0 Å². The van der Waals surface area contributed by atoms with Crippen LogP contribution in [0.15, 0.2) is 96.0 Å². The zero-order valence-electron chi connectivity index (χ0n) is 17.1. The summed E-state index contributed by atoms with van der Waals surface area (Å²) in [5, 5.41) is 0. The van der Waals surface area contributed by atoms with Crippen LogP contribution < -0.4 is 0 Å². The number of aliphatic imine (C=N–C) groups is 1. The summed E-state index contributed by atoms with van der Waals surface area (Å²) in [5.41, 5.74) is 3.77. The molecule has 1 saturated heterocycles. The quantitative estimate of drug-likeness (QED) is 0.641. The van der Waals surface area contributed by atoms with Crippen molar-refractivity contribution in [3.05, 3.63) is 108 Å². The number of ether oxygens (including phenoxy) is 1. The van der Waals surface area contributed by atoms with Gasteiger partial charge in [-0.2, -0.15) is 0 Å². The summed E-state index contributed by atoms with van der Waals surface area (Å²) in [6.07, 6.45) is 0.0789. The Morgan fingerprint density at radius 1 is 0.767 bits per heavy atom. The van der Waals surface area contributed by atoms with Crippen molar-refractivity contribution >= 4 is 5.84 Å². The Bertz CT molecular complexity index is 969. The minimum atomic E-state index is 0.0789. The maximum Gasteiger partial charge on any atom is 0.133 e. The number of amidine groups is 1. The average Bonchev–Trinajstić information content (AvgIpc) is 3.20. The fourth-order valence-electron chi connectivity index (χ4n) is 4.47. The molecule has 4 nitrogen and oxygen atoms in total. The molecule has 2 aliphatic rings. The van der Waals surface area contributed by atoms with E-state index in [1.165, 1.54) is 16.7 Å². The van der Waals surface area contributed by atoms with Crippen molar-refractivity contribution in [2.75, 3.05) is 26.3 Å². The Labute approximate surface area is 178 Å². The largest absolute Gasteiger partial charge is 0.379 e. The second-order valence-corrected chi connectivity index (χ2v) is 7.85. The van der Waals surface area contributed by atoms with E-state index in [4.69, 9.17) is 9.73 Å². The van der Waals surface area contributed by atoms with E-state index in [-0.39, 0.29) is 12.2 Å². The van der Waals surface area contributed by atoms with Gasteiger partial charge >= 0.3 is 0 Å². The van der Waals surface area contributed by atoms with Crippen LogP contribution in [0.4, 0.5) is 0 Å². The minimum Gasteiger partial charge on any atom is -0.379 e. The first-order valence-electron chi connectivity index (χ1n) is 10.7. The van der Waals surface area contributed by atoms with E-state index in [1.54, 1.807) is 0 Å². The molecule has 0 saturated carbocycles. The molecular formula is C26H27N3O. The SMILES string of the molecule is c1ccc(CN2C(c3ccccc3)=NC(N3CCOCC3)C2c2ccccc2)cc1. The fraction of sp³-hybridized carbons (Fsp3) is 0.269. The molecule has 2 heterocycles. The Morgan fingerprint density at radius 3 is 2.03 bits per heavy atom. The monoisotopic (exact) mass is 397 g/mol. The molecule has 2 unspecified atom stereocenters. The molecule has 0 spiro atoms. The van der Waals surface area contributed by atoms with Crippen molar-refractivity contribution in [1.82, 2.24) is 9.80 Å². The summed E-state index contributed by atoms with van der Waals surface area (Å²) < 4.78 is 5.63. The molecule has 0 bridgehead atoms. The molecule has 4 heteroatoms. The first kappa shape index (κ1) is 19.0. The Kier molecular flexibility index (Phi) is 5.60. The summed E-state index contributed by atoms with van der Waals surface area (Å²) in [5.74, 6) is 1.07. The van der Waals surface area contributed by atoms with Crippen molar-refractivity contribution in [3.8, 4) is 0 Å². The molecule has 0 N–H and O–H groups in total. The lowest BCUT2D eigenvalue weighted by atomic mass is 10.0. The molecule has 30 heavy (non-hydrogen) atoms. The first-order chi connectivity index (χ1) is 14.9. The molecule has 0 aromatic heterocycles. The van der Waals surface area contributed by atoms with E-state index in [0.717, 1.165) is 38.7 Å². The third-order valence-corrected chi connectivity index (χ3v) is 5.93. The second kappa shape index (κ2) is 8.82. The molecular weight excluding hydrogens is 370 g/mol. The number of hydrogen-bond donors (Lipinski definition) is 0. The first-order valence-corrected chi connectivity index (χ1v) is 10.7. The summed E-state index contributed by atoms with van der Waals surface area (Å²) >= 11 is 0. The van der Waals surface area contributed by atoms with Crippen LogP contribution in [0.5, 0.6) is 0 Å². The molecule has 0 aliphatic carbocycles. The van der Waals surface area contributed by atoms with Gasteiger partial charge in [0.25, 0.3) is 0 Å². The summed E-state index contributed by atoms with van der Waals surface area (Å²) in [7, 11) is 0. The van der Waals surface area contributed by atoms with Crippen LogP contribution in [-0.4, -0.2) is 48.1 Å². The van der Waals surface area contributed by atoms with Crippen LogP contribution in [-0.2, 0) is 11.3 Å². The highest BCUT2D eigenvalue weighted by molar-refractivity contribution is 6.00. The molecule has 1 fully saturated rings. The molecule has 3 aromatic rings. The topological polar surface area (TPSA) is 28.1 Å². The number of benzene rings is 3. The average molecular weight is 398 g/mol. The van der Waals surface area contributed by atoms with Crippen LogP contribution in [0.1, 0.15) is 22.7 Å². The lowest BCUT2D eigenvalue weighted by Crippen LogP contribution is -2.46. The fourth-order valence-corrected chi connectivity index (χ4v) is 4.47. The van der Waals surface area contributed by atoms with Crippen LogP contribution in [0.25, 0.3) is 0 Å². The third-order valence-electron chi connectivity index (χ3n) is 5.93. The van der Waals surface area contributed by atoms with Crippen molar-refractivity contribution in [2.45, 2.75) is 18.8 Å². The Morgan fingerprint density at radius 2 is 1.37 bits per heavy atom. The van der Waals surface area contributed by atoms with Crippen molar-refractivity contribution in [3.63, 3.8) is 0 Å². The van der Waals surface area contributed by atoms with Gasteiger partial charge in [-0.3, -0.25) is 4.90 Å². The van der Waals surface area contributed by atoms with E-state index >= 15 is 0 Å². The van der Waals surface area contributed by atoms with E-state index in [2.05, 4.69) is 101 Å². The maximum atomic E-state index is 5.63. The third kappa shape index (κ3) is 3.89. The molecule has 0 radical (unpaired) electrons. The summed E-state index contributed by atoms with van der Waals surface area (Å²) in [6.45, 7) is 4.20. The molecule has 2 aliphatic heterocycles. The lowest BCUT2D eigenvalue weighted by Gasteiger charge is -2.37. The van der Waals surface area contributed by atoms with Gasteiger partial charge in [-0.05, 0) is 11.1 Å². The Balaban J connectivity index is 1.59. The summed E-state index contributed by atoms with van der Waals surface area (Å²) in [4.78, 5) is 10.3. The highest BCUT2D eigenvalue weighted by atomic mass is 16.5. The van der Waals surface area contributed by atoms with Crippen molar-refractivity contribution in [2.24, 2.45) is 4.99 Å². The van der Waals surface area contributed by atoms with Gasteiger partial charge in [-0.15, -0.1) is 0 Å². The van der Waals surface area contributed by atoms with Gasteiger partial charge in [0.2, 0.25) is 0 Å². The van der Waals surface area contributed by atoms with E-state index in [0.29, 0.717) is 0 Å². The van der Waals surface area contributed by atoms with Crippen LogP contribution in [0.2, 0.25) is 0 Å². The van der Waals surface area contributed by atoms with Crippen molar-refractivity contribution < 1.29 is 4.74 Å². The van der Waals surface area contributed by atoms with E-state index < -0.39 is 0 Å².